The molecule has 0 aliphatic heterocycles. The van der Waals surface area contributed by atoms with Gasteiger partial charge in [0, 0.05) is 6.04 Å². The molecule has 0 bridgehead atoms. The molecule has 0 aromatic rings. The molecule has 0 heterocycles. The maximum Gasteiger partial charge on any atom is 0.311 e. The standard InChI is InChI=1S/C10H19NO2/c1-10(2,3)13-9(12)7-5-4-6-8(7)11/h7-8H,4-6,11H2,1-3H3/t7-,8+/m0/s1. The summed E-state index contributed by atoms with van der Waals surface area (Å²) in [7, 11) is 0. The Balaban J connectivity index is 2.48. The van der Waals surface area contributed by atoms with Gasteiger partial charge in [-0.1, -0.05) is 6.42 Å². The molecule has 3 nitrogen and oxygen atoms in total. The number of ether oxygens (including phenoxy) is 1. The summed E-state index contributed by atoms with van der Waals surface area (Å²) in [5, 5.41) is 0. The zero-order valence-corrected chi connectivity index (χ0v) is 8.67. The third-order valence-corrected chi connectivity index (χ3v) is 2.28. The summed E-state index contributed by atoms with van der Waals surface area (Å²) < 4.78 is 5.27. The molecule has 1 aliphatic carbocycles. The Hall–Kier alpha value is -0.570. The monoisotopic (exact) mass is 185 g/mol. The highest BCUT2D eigenvalue weighted by Gasteiger charge is 2.33. The molecule has 0 aromatic heterocycles. The van der Waals surface area contributed by atoms with Crippen molar-refractivity contribution in [2.75, 3.05) is 0 Å². The van der Waals surface area contributed by atoms with Gasteiger partial charge in [0.15, 0.2) is 0 Å². The molecule has 13 heavy (non-hydrogen) atoms. The predicted octanol–water partition coefficient (Wildman–Crippen LogP) is 1.46. The second-order valence-corrected chi connectivity index (χ2v) is 4.73. The van der Waals surface area contributed by atoms with E-state index in [1.54, 1.807) is 0 Å². The lowest BCUT2D eigenvalue weighted by molar-refractivity contribution is -0.160. The average molecular weight is 185 g/mol. The molecule has 3 heteroatoms. The van der Waals surface area contributed by atoms with Crippen LogP contribution in [0.3, 0.4) is 0 Å². The fraction of sp³-hybridized carbons (Fsp3) is 0.900. The van der Waals surface area contributed by atoms with Crippen molar-refractivity contribution in [1.82, 2.24) is 0 Å². The van der Waals surface area contributed by atoms with Gasteiger partial charge in [-0.15, -0.1) is 0 Å². The number of carbonyl (C=O) groups excluding carboxylic acids is 1. The largest absolute Gasteiger partial charge is 0.460 e. The molecule has 1 fully saturated rings. The highest BCUT2D eigenvalue weighted by atomic mass is 16.6. The normalized spacial score (nSPS) is 28.9. The Kier molecular flexibility index (Phi) is 2.96. The Morgan fingerprint density at radius 3 is 2.38 bits per heavy atom. The molecular weight excluding hydrogens is 166 g/mol. The van der Waals surface area contributed by atoms with Gasteiger partial charge >= 0.3 is 5.97 Å². The summed E-state index contributed by atoms with van der Waals surface area (Å²) in [6.45, 7) is 5.64. The number of hydrogen-bond acceptors (Lipinski definition) is 3. The third kappa shape index (κ3) is 2.99. The summed E-state index contributed by atoms with van der Waals surface area (Å²) in [4.78, 5) is 11.6. The molecule has 1 rings (SSSR count). The molecule has 1 aliphatic rings. The lowest BCUT2D eigenvalue weighted by Gasteiger charge is -2.23. The van der Waals surface area contributed by atoms with E-state index in [1.165, 1.54) is 0 Å². The zero-order chi connectivity index (χ0) is 10.1. The lowest BCUT2D eigenvalue weighted by Crippen LogP contribution is -2.35. The van der Waals surface area contributed by atoms with Crippen molar-refractivity contribution < 1.29 is 9.53 Å². The number of rotatable bonds is 1. The van der Waals surface area contributed by atoms with E-state index in [0.29, 0.717) is 0 Å². The maximum absolute atomic E-state index is 11.6. The van der Waals surface area contributed by atoms with Gasteiger partial charge in [0.2, 0.25) is 0 Å². The number of hydrogen-bond donors (Lipinski definition) is 1. The molecule has 0 unspecified atom stereocenters. The number of esters is 1. The molecule has 0 amide bonds. The van der Waals surface area contributed by atoms with Crippen molar-refractivity contribution >= 4 is 5.97 Å². The van der Waals surface area contributed by atoms with Gasteiger partial charge in [0.25, 0.3) is 0 Å². The van der Waals surface area contributed by atoms with Crippen molar-refractivity contribution in [3.8, 4) is 0 Å². The summed E-state index contributed by atoms with van der Waals surface area (Å²) in [5.74, 6) is -0.197. The number of carbonyl (C=O) groups is 1. The van der Waals surface area contributed by atoms with Gasteiger partial charge in [-0.05, 0) is 33.6 Å². The minimum Gasteiger partial charge on any atom is -0.460 e. The van der Waals surface area contributed by atoms with E-state index in [9.17, 15) is 4.79 Å². The molecular formula is C10H19NO2. The second kappa shape index (κ2) is 3.66. The quantitative estimate of drug-likeness (QED) is 0.629. The van der Waals surface area contributed by atoms with E-state index >= 15 is 0 Å². The smallest absolute Gasteiger partial charge is 0.311 e. The van der Waals surface area contributed by atoms with E-state index in [-0.39, 0.29) is 23.5 Å². The van der Waals surface area contributed by atoms with Gasteiger partial charge in [0.05, 0.1) is 5.92 Å². The minimum atomic E-state index is -0.389. The molecule has 0 radical (unpaired) electrons. The van der Waals surface area contributed by atoms with Crippen molar-refractivity contribution in [1.29, 1.82) is 0 Å². The van der Waals surface area contributed by atoms with Crippen LogP contribution >= 0.6 is 0 Å². The zero-order valence-electron chi connectivity index (χ0n) is 8.67. The van der Waals surface area contributed by atoms with Crippen LogP contribution in [0.5, 0.6) is 0 Å². The summed E-state index contributed by atoms with van der Waals surface area (Å²) >= 11 is 0. The summed E-state index contributed by atoms with van der Waals surface area (Å²) in [5.41, 5.74) is 5.41. The van der Waals surface area contributed by atoms with Crippen LogP contribution in [-0.2, 0) is 9.53 Å². The van der Waals surface area contributed by atoms with Crippen LogP contribution in [0.2, 0.25) is 0 Å². The van der Waals surface area contributed by atoms with E-state index in [4.69, 9.17) is 10.5 Å². The van der Waals surface area contributed by atoms with Crippen LogP contribution in [0.25, 0.3) is 0 Å². The van der Waals surface area contributed by atoms with Gasteiger partial charge in [0.1, 0.15) is 5.60 Å². The van der Waals surface area contributed by atoms with E-state index in [2.05, 4.69) is 0 Å². The van der Waals surface area contributed by atoms with Gasteiger partial charge < -0.3 is 10.5 Å². The van der Waals surface area contributed by atoms with Crippen molar-refractivity contribution in [3.63, 3.8) is 0 Å². The van der Waals surface area contributed by atoms with Crippen LogP contribution in [0.4, 0.5) is 0 Å². The molecule has 2 atom stereocenters. The Morgan fingerprint density at radius 2 is 2.00 bits per heavy atom. The Bertz CT molecular complexity index is 196. The van der Waals surface area contributed by atoms with E-state index in [0.717, 1.165) is 19.3 Å². The maximum atomic E-state index is 11.6. The molecule has 0 aromatic carbocycles. The highest BCUT2D eigenvalue weighted by Crippen LogP contribution is 2.26. The SMILES string of the molecule is CC(C)(C)OC(=O)[C@H]1CCC[C@H]1N. The second-order valence-electron chi connectivity index (χ2n) is 4.73. The highest BCUT2D eigenvalue weighted by molar-refractivity contribution is 5.74. The van der Waals surface area contributed by atoms with Crippen molar-refractivity contribution in [2.45, 2.75) is 51.7 Å². The average Bonchev–Trinajstić information content (AvgIpc) is 2.30. The predicted molar refractivity (Wildman–Crippen MR) is 51.2 cm³/mol. The van der Waals surface area contributed by atoms with Gasteiger partial charge in [-0.25, -0.2) is 0 Å². The van der Waals surface area contributed by atoms with Crippen LogP contribution in [0.1, 0.15) is 40.0 Å². The first kappa shape index (κ1) is 10.5. The fourth-order valence-electron chi connectivity index (χ4n) is 1.66. The molecule has 1 saturated carbocycles. The summed E-state index contributed by atoms with van der Waals surface area (Å²) in [6, 6.07) is 0.00912. The van der Waals surface area contributed by atoms with Crippen LogP contribution in [0, 0.1) is 5.92 Å². The van der Waals surface area contributed by atoms with Crippen molar-refractivity contribution in [2.24, 2.45) is 11.7 Å². The molecule has 2 N–H and O–H groups in total. The first-order valence-corrected chi connectivity index (χ1v) is 4.88. The Morgan fingerprint density at radius 1 is 1.38 bits per heavy atom. The van der Waals surface area contributed by atoms with Crippen LogP contribution in [-0.4, -0.2) is 17.6 Å². The first-order valence-electron chi connectivity index (χ1n) is 4.88. The van der Waals surface area contributed by atoms with Gasteiger partial charge in [-0.2, -0.15) is 0 Å². The Labute approximate surface area is 79.6 Å². The molecule has 0 saturated heterocycles. The van der Waals surface area contributed by atoms with E-state index < -0.39 is 0 Å². The number of nitrogens with two attached hydrogens (primary N) is 1. The molecule has 0 spiro atoms. The van der Waals surface area contributed by atoms with Gasteiger partial charge in [-0.3, -0.25) is 4.79 Å². The summed E-state index contributed by atoms with van der Waals surface area (Å²) in [6.07, 6.45) is 2.88. The topological polar surface area (TPSA) is 52.3 Å². The van der Waals surface area contributed by atoms with Crippen molar-refractivity contribution in [3.05, 3.63) is 0 Å². The minimum absolute atomic E-state index is 0.00912. The lowest BCUT2D eigenvalue weighted by atomic mass is 10.0. The van der Waals surface area contributed by atoms with Crippen LogP contribution < -0.4 is 5.73 Å². The fourth-order valence-corrected chi connectivity index (χ4v) is 1.66. The van der Waals surface area contributed by atoms with Crippen LogP contribution in [0.15, 0.2) is 0 Å². The molecule has 76 valence electrons. The third-order valence-electron chi connectivity index (χ3n) is 2.28. The first-order chi connectivity index (χ1) is 5.90. The van der Waals surface area contributed by atoms with E-state index in [1.807, 2.05) is 20.8 Å².